The van der Waals surface area contributed by atoms with E-state index in [0.717, 1.165) is 28.4 Å². The average molecular weight is 473 g/mol. The smallest absolute Gasteiger partial charge is 0.413 e. The zero-order valence-corrected chi connectivity index (χ0v) is 19.5. The van der Waals surface area contributed by atoms with Gasteiger partial charge in [0.25, 0.3) is 0 Å². The summed E-state index contributed by atoms with van der Waals surface area (Å²) in [6.45, 7) is 4.14. The first-order valence-corrected chi connectivity index (χ1v) is 11.4. The zero-order chi connectivity index (χ0) is 24.6. The molecule has 1 saturated carbocycles. The number of nitrogens with zero attached hydrogens (tertiary/aromatic N) is 6. The largest absolute Gasteiger partial charge is 0.465 e. The second-order valence-electron chi connectivity index (χ2n) is 8.97. The number of halogens is 1. The van der Waals surface area contributed by atoms with Crippen LogP contribution in [0.25, 0.3) is 17.1 Å². The molecule has 0 aromatic carbocycles. The first-order valence-electron chi connectivity index (χ1n) is 11.4. The second kappa shape index (κ2) is 8.90. The van der Waals surface area contributed by atoms with Crippen LogP contribution in [0.15, 0.2) is 60.9 Å². The van der Waals surface area contributed by atoms with Gasteiger partial charge in [-0.25, -0.2) is 9.18 Å². The fraction of sp³-hybridized carbons (Fsp3) is 0.269. The summed E-state index contributed by atoms with van der Waals surface area (Å²) < 4.78 is 16.6. The molecule has 0 radical (unpaired) electrons. The lowest BCUT2D eigenvalue weighted by Gasteiger charge is -2.43. The Morgan fingerprint density at radius 3 is 2.31 bits per heavy atom. The number of rotatable bonds is 6. The Kier molecular flexibility index (Phi) is 5.76. The summed E-state index contributed by atoms with van der Waals surface area (Å²) >= 11 is 0. The second-order valence-corrected chi connectivity index (χ2v) is 8.97. The van der Waals surface area contributed by atoms with Crippen molar-refractivity contribution >= 4 is 11.9 Å². The van der Waals surface area contributed by atoms with Gasteiger partial charge in [0.05, 0.1) is 23.3 Å². The van der Waals surface area contributed by atoms with Gasteiger partial charge in [-0.2, -0.15) is 0 Å². The molecule has 0 bridgehead atoms. The minimum absolute atomic E-state index is 0.0623. The monoisotopic (exact) mass is 472 g/mol. The van der Waals surface area contributed by atoms with Crippen LogP contribution in [-0.2, 0) is 5.41 Å². The molecule has 178 valence electrons. The number of hydrogen-bond donors (Lipinski definition) is 1. The summed E-state index contributed by atoms with van der Waals surface area (Å²) in [5, 5.41) is 18.3. The molecule has 0 aliphatic heterocycles. The number of amides is 1. The fourth-order valence-corrected chi connectivity index (χ4v) is 4.75. The molecule has 8 nitrogen and oxygen atoms in total. The molecule has 35 heavy (non-hydrogen) atoms. The van der Waals surface area contributed by atoms with E-state index in [2.05, 4.69) is 36.9 Å². The van der Waals surface area contributed by atoms with Crippen molar-refractivity contribution in [2.24, 2.45) is 0 Å². The van der Waals surface area contributed by atoms with Crippen LogP contribution in [0.5, 0.6) is 0 Å². The van der Waals surface area contributed by atoms with Crippen LogP contribution in [0, 0.1) is 19.7 Å². The van der Waals surface area contributed by atoms with Crippen molar-refractivity contribution in [2.45, 2.75) is 38.5 Å². The van der Waals surface area contributed by atoms with Crippen LogP contribution in [0.2, 0.25) is 0 Å². The molecule has 9 heteroatoms. The van der Waals surface area contributed by atoms with E-state index in [9.17, 15) is 14.3 Å². The lowest BCUT2D eigenvalue weighted by Crippen LogP contribution is -2.49. The van der Waals surface area contributed by atoms with Gasteiger partial charge in [-0.3, -0.25) is 14.9 Å². The van der Waals surface area contributed by atoms with Gasteiger partial charge >= 0.3 is 6.09 Å². The Hall–Kier alpha value is -4.14. The molecule has 1 N–H and O–H groups in total. The normalized spacial score (nSPS) is 14.4. The van der Waals surface area contributed by atoms with Crippen LogP contribution < -0.4 is 4.90 Å². The predicted molar refractivity (Wildman–Crippen MR) is 129 cm³/mol. The van der Waals surface area contributed by atoms with E-state index in [4.69, 9.17) is 0 Å². The topological polar surface area (TPSA) is 97.0 Å². The molecule has 0 saturated heterocycles. The Bertz CT molecular complexity index is 1340. The first kappa shape index (κ1) is 22.6. The summed E-state index contributed by atoms with van der Waals surface area (Å²) in [6, 6.07) is 14.1. The van der Waals surface area contributed by atoms with Gasteiger partial charge in [0.15, 0.2) is 5.82 Å². The Balaban J connectivity index is 1.39. The summed E-state index contributed by atoms with van der Waals surface area (Å²) in [6.07, 6.45) is 4.35. The molecule has 0 atom stereocenters. The summed E-state index contributed by atoms with van der Waals surface area (Å²) in [7, 11) is 0. The Labute approximate surface area is 202 Å². The van der Waals surface area contributed by atoms with Gasteiger partial charge in [-0.1, -0.05) is 6.42 Å². The van der Waals surface area contributed by atoms with Gasteiger partial charge in [0.2, 0.25) is 0 Å². The third kappa shape index (κ3) is 4.14. The van der Waals surface area contributed by atoms with Gasteiger partial charge in [0.1, 0.15) is 11.5 Å². The van der Waals surface area contributed by atoms with Crippen molar-refractivity contribution in [1.29, 1.82) is 0 Å². The molecule has 4 heterocycles. The number of aromatic nitrogens is 5. The molecule has 1 amide bonds. The van der Waals surface area contributed by atoms with Crippen LogP contribution in [0.3, 0.4) is 0 Å². The zero-order valence-electron chi connectivity index (χ0n) is 19.5. The average Bonchev–Trinajstić information content (AvgIpc) is 3.17. The van der Waals surface area contributed by atoms with E-state index in [1.54, 1.807) is 18.3 Å². The quantitative estimate of drug-likeness (QED) is 0.420. The fourth-order valence-electron chi connectivity index (χ4n) is 4.75. The van der Waals surface area contributed by atoms with E-state index < -0.39 is 17.3 Å². The molecule has 0 unspecified atom stereocenters. The summed E-state index contributed by atoms with van der Waals surface area (Å²) in [5.74, 6) is -0.238. The maximum absolute atomic E-state index is 14.5. The van der Waals surface area contributed by atoms with Crippen LogP contribution in [0.1, 0.15) is 36.3 Å². The molecule has 5 rings (SSSR count). The highest BCUT2D eigenvalue weighted by Crippen LogP contribution is 2.44. The first-order chi connectivity index (χ1) is 16.9. The lowest BCUT2D eigenvalue weighted by atomic mass is 9.66. The number of carboxylic acid groups (broad SMARTS) is 1. The van der Waals surface area contributed by atoms with E-state index in [1.165, 1.54) is 18.3 Å². The van der Waals surface area contributed by atoms with Gasteiger partial charge < -0.3 is 9.67 Å². The molecule has 4 aromatic heterocycles. The van der Waals surface area contributed by atoms with E-state index in [-0.39, 0.29) is 12.4 Å². The third-order valence-electron chi connectivity index (χ3n) is 6.73. The lowest BCUT2D eigenvalue weighted by molar-refractivity contribution is 0.188. The highest BCUT2D eigenvalue weighted by molar-refractivity contribution is 5.85. The SMILES string of the molecule is Cc1ccc(C)n1-c1ccc(-c2ccc(N(CC3(c4ncccc4F)CCC3)C(=O)O)nn2)nc1. The Morgan fingerprint density at radius 1 is 1.03 bits per heavy atom. The van der Waals surface area contributed by atoms with Gasteiger partial charge in [-0.15, -0.1) is 10.2 Å². The third-order valence-corrected chi connectivity index (χ3v) is 6.73. The van der Waals surface area contributed by atoms with Crippen molar-refractivity contribution in [3.63, 3.8) is 0 Å². The van der Waals surface area contributed by atoms with E-state index in [1.807, 2.05) is 26.0 Å². The molecule has 4 aromatic rings. The molecule has 1 fully saturated rings. The van der Waals surface area contributed by atoms with Crippen molar-refractivity contribution in [3.8, 4) is 17.1 Å². The van der Waals surface area contributed by atoms with Crippen LogP contribution in [0.4, 0.5) is 15.0 Å². The van der Waals surface area contributed by atoms with Crippen molar-refractivity contribution < 1.29 is 14.3 Å². The minimum atomic E-state index is -1.17. The number of anilines is 1. The highest BCUT2D eigenvalue weighted by atomic mass is 19.1. The summed E-state index contributed by atoms with van der Waals surface area (Å²) in [4.78, 5) is 22.0. The van der Waals surface area contributed by atoms with Crippen LogP contribution >= 0.6 is 0 Å². The summed E-state index contributed by atoms with van der Waals surface area (Å²) in [5.41, 5.74) is 3.97. The number of carbonyl (C=O) groups is 1. The maximum Gasteiger partial charge on any atom is 0.413 e. The highest BCUT2D eigenvalue weighted by Gasteiger charge is 2.44. The Morgan fingerprint density at radius 2 is 1.77 bits per heavy atom. The van der Waals surface area contributed by atoms with E-state index in [0.29, 0.717) is 29.9 Å². The van der Waals surface area contributed by atoms with Gasteiger partial charge in [-0.05, 0) is 75.2 Å². The number of pyridine rings is 2. The number of hydrogen-bond acceptors (Lipinski definition) is 5. The maximum atomic E-state index is 14.5. The standard InChI is InChI=1S/C26H25FN6O2/c1-17-6-7-18(2)33(17)19-8-9-21(29-15-19)22-10-11-23(31-30-22)32(25(34)35)16-26(12-4-13-26)24-20(27)5-3-14-28-24/h3,5-11,14-15H,4,12-13,16H2,1-2H3,(H,34,35). The molecule has 1 aliphatic carbocycles. The number of aryl methyl sites for hydroxylation is 2. The van der Waals surface area contributed by atoms with Crippen molar-refractivity contribution in [3.05, 3.63) is 83.8 Å². The minimum Gasteiger partial charge on any atom is -0.465 e. The molecular formula is C26H25FN6O2. The van der Waals surface area contributed by atoms with Crippen molar-refractivity contribution in [1.82, 2.24) is 24.7 Å². The molecule has 1 aliphatic rings. The molecule has 0 spiro atoms. The molecular weight excluding hydrogens is 447 g/mol. The van der Waals surface area contributed by atoms with Gasteiger partial charge in [0, 0.05) is 29.5 Å². The van der Waals surface area contributed by atoms with E-state index >= 15 is 0 Å². The van der Waals surface area contributed by atoms with Crippen LogP contribution in [-0.4, -0.2) is 42.5 Å². The van der Waals surface area contributed by atoms with Crippen molar-refractivity contribution in [2.75, 3.05) is 11.4 Å². The predicted octanol–water partition coefficient (Wildman–Crippen LogP) is 5.09.